The number of nitrogens with zero attached hydrogens (tertiary/aromatic N) is 2. The molecule has 1 amide bonds. The van der Waals surface area contributed by atoms with Crippen LogP contribution in [0.3, 0.4) is 0 Å². The number of hydrogen-bond donors (Lipinski definition) is 0. The van der Waals surface area contributed by atoms with Crippen LogP contribution in [0.15, 0.2) is 48.8 Å². The van der Waals surface area contributed by atoms with Crippen molar-refractivity contribution in [2.75, 3.05) is 13.1 Å². The number of fused-ring (bicyclic) bond motifs is 1. The van der Waals surface area contributed by atoms with E-state index in [0.717, 1.165) is 29.9 Å². The predicted molar refractivity (Wildman–Crippen MR) is 89.0 cm³/mol. The maximum Gasteiger partial charge on any atom is 0.263 e. The van der Waals surface area contributed by atoms with Crippen LogP contribution >= 0.6 is 0 Å². The van der Waals surface area contributed by atoms with Gasteiger partial charge in [-0.2, -0.15) is 0 Å². The van der Waals surface area contributed by atoms with Gasteiger partial charge < -0.3 is 14.4 Å². The second-order valence-corrected chi connectivity index (χ2v) is 6.25. The third-order valence-electron chi connectivity index (χ3n) is 4.61. The van der Waals surface area contributed by atoms with Crippen LogP contribution in [0.4, 0.5) is 0 Å². The van der Waals surface area contributed by atoms with Crippen LogP contribution in [0.2, 0.25) is 0 Å². The van der Waals surface area contributed by atoms with E-state index in [1.807, 2.05) is 41.3 Å². The van der Waals surface area contributed by atoms with Crippen LogP contribution in [0.25, 0.3) is 0 Å². The zero-order valence-corrected chi connectivity index (χ0v) is 13.4. The first-order valence-corrected chi connectivity index (χ1v) is 8.39. The summed E-state index contributed by atoms with van der Waals surface area (Å²) in [5.74, 6) is 1.72. The number of rotatable bonds is 3. The van der Waals surface area contributed by atoms with Gasteiger partial charge in [-0.1, -0.05) is 18.2 Å². The van der Waals surface area contributed by atoms with Crippen molar-refractivity contribution in [2.24, 2.45) is 0 Å². The van der Waals surface area contributed by atoms with Gasteiger partial charge in [0.05, 0.1) is 6.20 Å². The molecular weight excluding hydrogens is 304 g/mol. The van der Waals surface area contributed by atoms with E-state index in [-0.39, 0.29) is 18.1 Å². The normalized spacial score (nSPS) is 20.3. The molecule has 0 saturated carbocycles. The van der Waals surface area contributed by atoms with Crippen LogP contribution in [0.1, 0.15) is 18.4 Å². The lowest BCUT2D eigenvalue weighted by molar-refractivity contribution is -0.139. The summed E-state index contributed by atoms with van der Waals surface area (Å²) in [6.07, 6.45) is 5.55. The molecule has 1 aromatic carbocycles. The molecule has 2 aliphatic rings. The fourth-order valence-electron chi connectivity index (χ4n) is 3.33. The molecule has 0 radical (unpaired) electrons. The minimum absolute atomic E-state index is 0.0889. The summed E-state index contributed by atoms with van der Waals surface area (Å²) in [5.41, 5.74) is 1.12. The van der Waals surface area contributed by atoms with Crippen molar-refractivity contribution in [3.63, 3.8) is 0 Å². The number of carbonyl (C=O) groups is 1. The van der Waals surface area contributed by atoms with Gasteiger partial charge in [0.2, 0.25) is 0 Å². The highest BCUT2D eigenvalue weighted by atomic mass is 16.5. The summed E-state index contributed by atoms with van der Waals surface area (Å²) in [7, 11) is 0. The highest BCUT2D eigenvalue weighted by molar-refractivity contribution is 5.82. The molecule has 2 aliphatic heterocycles. The molecule has 4 rings (SSSR count). The largest absolute Gasteiger partial charge is 0.489 e. The van der Waals surface area contributed by atoms with E-state index >= 15 is 0 Å². The van der Waals surface area contributed by atoms with Crippen LogP contribution in [-0.4, -0.2) is 41.1 Å². The van der Waals surface area contributed by atoms with Crippen molar-refractivity contribution in [2.45, 2.75) is 31.5 Å². The van der Waals surface area contributed by atoms with Crippen LogP contribution in [0.5, 0.6) is 11.5 Å². The highest BCUT2D eigenvalue weighted by Gasteiger charge is 2.34. The molecule has 5 heteroatoms. The Labute approximate surface area is 141 Å². The Morgan fingerprint density at radius 2 is 2.00 bits per heavy atom. The number of hydrogen-bond acceptors (Lipinski definition) is 4. The highest BCUT2D eigenvalue weighted by Crippen LogP contribution is 2.29. The van der Waals surface area contributed by atoms with Crippen LogP contribution in [0, 0.1) is 0 Å². The Morgan fingerprint density at radius 3 is 2.75 bits per heavy atom. The standard InChI is InChI=1S/C19H20N2O3/c22-19(18-12-14-4-1-2-6-17(14)24-18)21-10-7-15(8-11-21)23-16-5-3-9-20-13-16/h1-6,9,13,15,18H,7-8,10-12H2. The van der Waals surface area contributed by atoms with Crippen molar-refractivity contribution in [1.82, 2.24) is 9.88 Å². The Morgan fingerprint density at radius 1 is 1.17 bits per heavy atom. The lowest BCUT2D eigenvalue weighted by Crippen LogP contribution is -2.47. The molecule has 2 aromatic rings. The second kappa shape index (κ2) is 6.51. The summed E-state index contributed by atoms with van der Waals surface area (Å²) in [5, 5.41) is 0. The predicted octanol–water partition coefficient (Wildman–Crippen LogP) is 2.46. The van der Waals surface area contributed by atoms with Crippen molar-refractivity contribution in [3.8, 4) is 11.5 Å². The first-order chi connectivity index (χ1) is 11.8. The van der Waals surface area contributed by atoms with Crippen LogP contribution in [-0.2, 0) is 11.2 Å². The van der Waals surface area contributed by atoms with E-state index < -0.39 is 0 Å². The maximum absolute atomic E-state index is 12.7. The molecule has 0 spiro atoms. The van der Waals surface area contributed by atoms with Crippen molar-refractivity contribution in [3.05, 3.63) is 54.4 Å². The average molecular weight is 324 g/mol. The molecule has 1 fully saturated rings. The fourth-order valence-corrected chi connectivity index (χ4v) is 3.33. The number of carbonyl (C=O) groups excluding carboxylic acids is 1. The summed E-state index contributed by atoms with van der Waals surface area (Å²) in [6, 6.07) is 11.6. The van der Waals surface area contributed by atoms with Gasteiger partial charge in [-0.05, 0) is 23.8 Å². The van der Waals surface area contributed by atoms with E-state index in [0.29, 0.717) is 19.5 Å². The van der Waals surface area contributed by atoms with Gasteiger partial charge >= 0.3 is 0 Å². The van der Waals surface area contributed by atoms with Gasteiger partial charge in [-0.15, -0.1) is 0 Å². The van der Waals surface area contributed by atoms with Crippen molar-refractivity contribution in [1.29, 1.82) is 0 Å². The molecule has 0 aliphatic carbocycles. The van der Waals surface area contributed by atoms with E-state index in [2.05, 4.69) is 4.98 Å². The fraction of sp³-hybridized carbons (Fsp3) is 0.368. The quantitative estimate of drug-likeness (QED) is 0.870. The molecule has 5 nitrogen and oxygen atoms in total. The minimum Gasteiger partial charge on any atom is -0.489 e. The van der Waals surface area contributed by atoms with E-state index in [9.17, 15) is 4.79 Å². The lowest BCUT2D eigenvalue weighted by Gasteiger charge is -2.33. The third-order valence-corrected chi connectivity index (χ3v) is 4.61. The van der Waals surface area contributed by atoms with Gasteiger partial charge in [0.25, 0.3) is 5.91 Å². The summed E-state index contributed by atoms with van der Waals surface area (Å²) in [6.45, 7) is 1.42. The van der Waals surface area contributed by atoms with E-state index in [4.69, 9.17) is 9.47 Å². The molecule has 124 valence electrons. The number of ether oxygens (including phenoxy) is 2. The molecule has 3 heterocycles. The number of para-hydroxylation sites is 1. The Bertz CT molecular complexity index is 687. The summed E-state index contributed by atoms with van der Waals surface area (Å²) in [4.78, 5) is 18.6. The minimum atomic E-state index is -0.377. The molecule has 1 atom stereocenters. The molecule has 24 heavy (non-hydrogen) atoms. The van der Waals surface area contributed by atoms with Crippen molar-refractivity contribution < 1.29 is 14.3 Å². The Kier molecular flexibility index (Phi) is 4.07. The van der Waals surface area contributed by atoms with Gasteiger partial charge in [0.1, 0.15) is 17.6 Å². The molecule has 0 bridgehead atoms. The molecule has 1 aromatic heterocycles. The lowest BCUT2D eigenvalue weighted by atomic mass is 10.1. The maximum atomic E-state index is 12.7. The molecule has 0 N–H and O–H groups in total. The Balaban J connectivity index is 1.31. The first-order valence-electron chi connectivity index (χ1n) is 8.39. The SMILES string of the molecule is O=C(C1Cc2ccccc2O1)N1CCC(Oc2cccnc2)CC1. The molecule has 1 unspecified atom stereocenters. The van der Waals surface area contributed by atoms with E-state index in [1.165, 1.54) is 0 Å². The van der Waals surface area contributed by atoms with Crippen LogP contribution < -0.4 is 9.47 Å². The smallest absolute Gasteiger partial charge is 0.263 e. The zero-order valence-electron chi connectivity index (χ0n) is 13.4. The first kappa shape index (κ1) is 15.0. The van der Waals surface area contributed by atoms with Gasteiger partial charge in [0, 0.05) is 38.5 Å². The zero-order chi connectivity index (χ0) is 16.4. The summed E-state index contributed by atoms with van der Waals surface area (Å²) < 4.78 is 11.7. The number of likely N-dealkylation sites (tertiary alicyclic amines) is 1. The van der Waals surface area contributed by atoms with Gasteiger partial charge in [-0.3, -0.25) is 9.78 Å². The van der Waals surface area contributed by atoms with Gasteiger partial charge in [0.15, 0.2) is 6.10 Å². The number of aromatic nitrogens is 1. The second-order valence-electron chi connectivity index (χ2n) is 6.25. The summed E-state index contributed by atoms with van der Waals surface area (Å²) >= 11 is 0. The number of amides is 1. The molecule has 1 saturated heterocycles. The average Bonchev–Trinajstić information content (AvgIpc) is 3.07. The topological polar surface area (TPSA) is 51.7 Å². The van der Waals surface area contributed by atoms with Gasteiger partial charge in [-0.25, -0.2) is 0 Å². The van der Waals surface area contributed by atoms with Crippen molar-refractivity contribution >= 4 is 5.91 Å². The monoisotopic (exact) mass is 324 g/mol. The Hall–Kier alpha value is -2.56. The van der Waals surface area contributed by atoms with E-state index in [1.54, 1.807) is 12.4 Å². The number of piperidine rings is 1. The number of pyridine rings is 1. The third kappa shape index (κ3) is 3.07. The number of benzene rings is 1. The molecular formula is C19H20N2O3.